The lowest BCUT2D eigenvalue weighted by molar-refractivity contribution is 0.438. The lowest BCUT2D eigenvalue weighted by atomic mass is 9.90. The van der Waals surface area contributed by atoms with E-state index in [0.717, 1.165) is 30.0 Å². The maximum absolute atomic E-state index is 4.29. The minimum absolute atomic E-state index is 0.848. The van der Waals surface area contributed by atoms with E-state index in [2.05, 4.69) is 81.1 Å². The van der Waals surface area contributed by atoms with Gasteiger partial charge in [-0.1, -0.05) is 141 Å². The third kappa shape index (κ3) is 13.1. The van der Waals surface area contributed by atoms with Crippen molar-refractivity contribution in [3.05, 3.63) is 78.1 Å². The van der Waals surface area contributed by atoms with Crippen LogP contribution in [-0.4, -0.2) is 9.55 Å². The van der Waals surface area contributed by atoms with E-state index in [1.165, 1.54) is 80.9 Å². The second kappa shape index (κ2) is 19.8. The molecule has 36 heavy (non-hydrogen) atoms. The van der Waals surface area contributed by atoms with E-state index in [4.69, 9.17) is 0 Å². The molecule has 0 aliphatic rings. The van der Waals surface area contributed by atoms with Crippen molar-refractivity contribution in [1.29, 1.82) is 0 Å². The summed E-state index contributed by atoms with van der Waals surface area (Å²) in [6.45, 7) is 18.1. The Morgan fingerprint density at radius 3 is 2.03 bits per heavy atom. The standard InChI is InChI=1S/C16H26.C11H12N2.C7H16/c1-4-8-15(9-5-2)13-16-11-7-10-14(6-3)12-16;1-9(2)7-13-8-12-10-5-3-4-6-11(10)13;1-3-5-7-6-4-2/h7,10-12,15H,4-6,8-9,13H2,1-3H3;3-6,8H,1,7H2,2H3;3-7H2,1-2H3. The van der Waals surface area contributed by atoms with E-state index >= 15 is 0 Å². The fraction of sp³-hybridized carbons (Fsp3) is 0.559. The van der Waals surface area contributed by atoms with Crippen LogP contribution in [-0.2, 0) is 19.4 Å². The lowest BCUT2D eigenvalue weighted by Gasteiger charge is -2.15. The number of aryl methyl sites for hydroxylation is 1. The van der Waals surface area contributed by atoms with Crippen molar-refractivity contribution >= 4 is 11.0 Å². The van der Waals surface area contributed by atoms with E-state index in [9.17, 15) is 0 Å². The number of imidazole rings is 1. The number of hydrogen-bond acceptors (Lipinski definition) is 1. The Labute approximate surface area is 223 Å². The van der Waals surface area contributed by atoms with Crippen LogP contribution >= 0.6 is 0 Å². The van der Waals surface area contributed by atoms with Gasteiger partial charge in [0.25, 0.3) is 0 Å². The molecule has 0 aliphatic carbocycles. The van der Waals surface area contributed by atoms with Gasteiger partial charge in [0.2, 0.25) is 0 Å². The van der Waals surface area contributed by atoms with Gasteiger partial charge < -0.3 is 4.57 Å². The molecule has 2 aromatic carbocycles. The zero-order chi connectivity index (χ0) is 26.6. The van der Waals surface area contributed by atoms with Crippen molar-refractivity contribution in [2.45, 2.75) is 119 Å². The molecule has 3 aromatic rings. The number of para-hydroxylation sites is 2. The maximum Gasteiger partial charge on any atom is 0.0961 e. The van der Waals surface area contributed by atoms with Gasteiger partial charge in [-0.2, -0.15) is 0 Å². The lowest BCUT2D eigenvalue weighted by Crippen LogP contribution is -2.04. The molecule has 0 aliphatic heterocycles. The predicted molar refractivity (Wildman–Crippen MR) is 162 cm³/mol. The molecule has 3 rings (SSSR count). The summed E-state index contributed by atoms with van der Waals surface area (Å²) in [6.07, 6.45) is 16.7. The monoisotopic (exact) mass is 490 g/mol. The van der Waals surface area contributed by atoms with Crippen LogP contribution in [0.25, 0.3) is 11.0 Å². The van der Waals surface area contributed by atoms with Crippen LogP contribution in [0, 0.1) is 5.92 Å². The van der Waals surface area contributed by atoms with Crippen molar-refractivity contribution in [2.24, 2.45) is 5.92 Å². The van der Waals surface area contributed by atoms with Crippen LogP contribution in [0.15, 0.2) is 67.0 Å². The third-order valence-electron chi connectivity index (χ3n) is 6.49. The van der Waals surface area contributed by atoms with Crippen LogP contribution in [0.1, 0.15) is 110 Å². The first kappa shape index (κ1) is 31.7. The molecule has 1 aromatic heterocycles. The third-order valence-corrected chi connectivity index (χ3v) is 6.49. The second-order valence-electron chi connectivity index (χ2n) is 10.2. The summed E-state index contributed by atoms with van der Waals surface area (Å²) in [7, 11) is 0. The number of unbranched alkanes of at least 4 members (excludes halogenated alkanes) is 4. The van der Waals surface area contributed by atoms with E-state index in [0.29, 0.717) is 0 Å². The minimum atomic E-state index is 0.848. The van der Waals surface area contributed by atoms with Crippen molar-refractivity contribution < 1.29 is 0 Å². The summed E-state index contributed by atoms with van der Waals surface area (Å²) < 4.78 is 2.11. The van der Waals surface area contributed by atoms with Gasteiger partial charge in [-0.05, 0) is 48.9 Å². The molecule has 0 saturated carbocycles. The molecular formula is C34H54N2. The molecule has 0 spiro atoms. The molecule has 0 saturated heterocycles. The summed E-state index contributed by atoms with van der Waals surface area (Å²) >= 11 is 0. The molecule has 0 atom stereocenters. The van der Waals surface area contributed by atoms with Crippen LogP contribution < -0.4 is 0 Å². The van der Waals surface area contributed by atoms with Gasteiger partial charge in [-0.15, -0.1) is 0 Å². The molecule has 0 bridgehead atoms. The number of aromatic nitrogens is 2. The molecular weight excluding hydrogens is 436 g/mol. The Morgan fingerprint density at radius 2 is 1.44 bits per heavy atom. The number of allylic oxidation sites excluding steroid dienone is 1. The fourth-order valence-electron chi connectivity index (χ4n) is 4.58. The Kier molecular flexibility index (Phi) is 17.4. The quantitative estimate of drug-likeness (QED) is 0.172. The number of hydrogen-bond donors (Lipinski definition) is 0. The van der Waals surface area contributed by atoms with Crippen LogP contribution in [0.3, 0.4) is 0 Å². The molecule has 0 N–H and O–H groups in total. The first-order chi connectivity index (χ1) is 17.5. The van der Waals surface area contributed by atoms with Gasteiger partial charge in [0.1, 0.15) is 0 Å². The SMILES string of the molecule is C=C(C)Cn1cnc2ccccc21.CCCC(CCC)Cc1cccc(CC)c1.CCCCCCC. The van der Waals surface area contributed by atoms with Gasteiger partial charge in [0.05, 0.1) is 17.4 Å². The summed E-state index contributed by atoms with van der Waals surface area (Å²) in [6, 6.07) is 17.2. The van der Waals surface area contributed by atoms with Crippen LogP contribution in [0.4, 0.5) is 0 Å². The van der Waals surface area contributed by atoms with Gasteiger partial charge in [0, 0.05) is 6.54 Å². The number of benzene rings is 2. The Bertz CT molecular complexity index is 942. The smallest absolute Gasteiger partial charge is 0.0961 e. The van der Waals surface area contributed by atoms with Crippen molar-refractivity contribution in [1.82, 2.24) is 9.55 Å². The van der Waals surface area contributed by atoms with Gasteiger partial charge in [-0.25, -0.2) is 4.98 Å². The highest BCUT2D eigenvalue weighted by Crippen LogP contribution is 2.20. The average Bonchev–Trinajstić information content (AvgIpc) is 3.28. The molecule has 0 radical (unpaired) electrons. The van der Waals surface area contributed by atoms with Crippen molar-refractivity contribution in [3.63, 3.8) is 0 Å². The number of fused-ring (bicyclic) bond motifs is 1. The van der Waals surface area contributed by atoms with E-state index in [1.54, 1.807) is 0 Å². The average molecular weight is 491 g/mol. The van der Waals surface area contributed by atoms with E-state index in [1.807, 2.05) is 31.5 Å². The molecule has 2 heteroatoms. The Balaban J connectivity index is 0.000000291. The second-order valence-corrected chi connectivity index (χ2v) is 10.2. The maximum atomic E-state index is 4.29. The van der Waals surface area contributed by atoms with Crippen LogP contribution in [0.5, 0.6) is 0 Å². The molecule has 1 heterocycles. The van der Waals surface area contributed by atoms with Gasteiger partial charge >= 0.3 is 0 Å². The summed E-state index contributed by atoms with van der Waals surface area (Å²) in [4.78, 5) is 4.29. The molecule has 200 valence electrons. The van der Waals surface area contributed by atoms with Crippen molar-refractivity contribution in [2.75, 3.05) is 0 Å². The molecule has 0 amide bonds. The van der Waals surface area contributed by atoms with Gasteiger partial charge in [0.15, 0.2) is 0 Å². The summed E-state index contributed by atoms with van der Waals surface area (Å²) in [5.41, 5.74) is 6.37. The van der Waals surface area contributed by atoms with E-state index in [-0.39, 0.29) is 0 Å². The molecule has 0 unspecified atom stereocenters. The first-order valence-electron chi connectivity index (χ1n) is 14.6. The molecule has 0 fully saturated rings. The highest BCUT2D eigenvalue weighted by molar-refractivity contribution is 5.74. The Hall–Kier alpha value is -2.35. The zero-order valence-corrected chi connectivity index (χ0v) is 24.4. The normalized spacial score (nSPS) is 10.5. The Morgan fingerprint density at radius 1 is 0.806 bits per heavy atom. The first-order valence-corrected chi connectivity index (χ1v) is 14.6. The molecule has 2 nitrogen and oxygen atoms in total. The van der Waals surface area contributed by atoms with Crippen LogP contribution in [0.2, 0.25) is 0 Å². The van der Waals surface area contributed by atoms with Gasteiger partial charge in [-0.3, -0.25) is 0 Å². The summed E-state index contributed by atoms with van der Waals surface area (Å²) in [5, 5.41) is 0. The minimum Gasteiger partial charge on any atom is -0.326 e. The predicted octanol–water partition coefficient (Wildman–Crippen LogP) is 10.6. The topological polar surface area (TPSA) is 17.8 Å². The van der Waals surface area contributed by atoms with E-state index < -0.39 is 0 Å². The largest absolute Gasteiger partial charge is 0.326 e. The fourth-order valence-corrected chi connectivity index (χ4v) is 4.58. The number of rotatable bonds is 13. The number of nitrogens with zero attached hydrogens (tertiary/aromatic N) is 2. The summed E-state index contributed by atoms with van der Waals surface area (Å²) in [5.74, 6) is 0.891. The zero-order valence-electron chi connectivity index (χ0n) is 24.4. The highest BCUT2D eigenvalue weighted by Gasteiger charge is 2.08. The highest BCUT2D eigenvalue weighted by atomic mass is 15.0. The van der Waals surface area contributed by atoms with Crippen molar-refractivity contribution in [3.8, 4) is 0 Å².